The summed E-state index contributed by atoms with van der Waals surface area (Å²) in [6.45, 7) is 0. The summed E-state index contributed by atoms with van der Waals surface area (Å²) in [4.78, 5) is 12.4. The Bertz CT molecular complexity index is 1150. The minimum Gasteiger partial charge on any atom is -0.493 e. The number of nitrogens with zero attached hydrogens (tertiary/aromatic N) is 1. The number of H-pyrrole nitrogens is 1. The van der Waals surface area contributed by atoms with Gasteiger partial charge in [-0.3, -0.25) is 9.89 Å². The van der Waals surface area contributed by atoms with E-state index in [0.29, 0.717) is 28.5 Å². The van der Waals surface area contributed by atoms with E-state index in [1.54, 1.807) is 24.3 Å². The molecule has 0 fully saturated rings. The second-order valence-corrected chi connectivity index (χ2v) is 8.57. The number of nitrogens with one attached hydrogen (secondary N) is 2. The summed E-state index contributed by atoms with van der Waals surface area (Å²) >= 11 is 3.23. The third kappa shape index (κ3) is 4.41. The molecule has 0 aliphatic carbocycles. The van der Waals surface area contributed by atoms with Crippen molar-refractivity contribution in [2.75, 3.05) is 21.3 Å². The van der Waals surface area contributed by atoms with Crippen molar-refractivity contribution in [3.63, 3.8) is 0 Å². The van der Waals surface area contributed by atoms with Gasteiger partial charge in [0.1, 0.15) is 5.69 Å². The van der Waals surface area contributed by atoms with Crippen molar-refractivity contribution < 1.29 is 27.4 Å². The Morgan fingerprint density at radius 2 is 1.60 bits per heavy atom. The monoisotopic (exact) mass is 495 g/mol. The van der Waals surface area contributed by atoms with Crippen LogP contribution in [-0.2, 0) is 10.0 Å². The highest BCUT2D eigenvalue weighted by Crippen LogP contribution is 2.40. The molecule has 1 amide bonds. The lowest BCUT2D eigenvalue weighted by Gasteiger charge is -2.13. The normalized spacial score (nSPS) is 11.1. The summed E-state index contributed by atoms with van der Waals surface area (Å²) in [5.41, 5.74) is 0.940. The molecule has 0 atom stereocenters. The van der Waals surface area contributed by atoms with E-state index in [1.807, 2.05) is 4.72 Å². The Balaban J connectivity index is 1.87. The van der Waals surface area contributed by atoms with Crippen LogP contribution in [0.5, 0.6) is 17.2 Å². The third-order valence-corrected chi connectivity index (χ3v) is 6.01. The molecule has 0 saturated carbocycles. The van der Waals surface area contributed by atoms with Crippen LogP contribution < -0.4 is 18.9 Å². The first kappa shape index (κ1) is 21.7. The predicted octanol–water partition coefficient (Wildman–Crippen LogP) is 2.98. The molecule has 3 rings (SSSR count). The molecule has 2 N–H and O–H groups in total. The van der Waals surface area contributed by atoms with Crippen LogP contribution >= 0.6 is 15.9 Å². The van der Waals surface area contributed by atoms with E-state index in [0.717, 1.165) is 4.47 Å². The van der Waals surface area contributed by atoms with E-state index in [2.05, 4.69) is 26.1 Å². The van der Waals surface area contributed by atoms with Crippen molar-refractivity contribution in [3.05, 3.63) is 52.6 Å². The van der Waals surface area contributed by atoms with Crippen LogP contribution in [0.4, 0.5) is 0 Å². The zero-order valence-corrected chi connectivity index (χ0v) is 18.6. The molecule has 0 aliphatic rings. The number of carbonyl (C=O) groups is 1. The quantitative estimate of drug-likeness (QED) is 0.516. The molecule has 158 valence electrons. The molecular formula is C19H18BrN3O6S. The topological polar surface area (TPSA) is 120 Å². The van der Waals surface area contributed by atoms with Gasteiger partial charge < -0.3 is 14.2 Å². The lowest BCUT2D eigenvalue weighted by Crippen LogP contribution is -2.30. The molecular weight excluding hydrogens is 478 g/mol. The smallest absolute Gasteiger partial charge is 0.283 e. The number of amides is 1. The third-order valence-electron chi connectivity index (χ3n) is 4.13. The maximum atomic E-state index is 12.5. The minimum atomic E-state index is -4.03. The molecule has 1 aromatic heterocycles. The Labute approximate surface area is 181 Å². The molecule has 1 heterocycles. The van der Waals surface area contributed by atoms with Gasteiger partial charge in [-0.15, -0.1) is 0 Å². The molecule has 9 nitrogen and oxygen atoms in total. The van der Waals surface area contributed by atoms with E-state index < -0.39 is 15.9 Å². The summed E-state index contributed by atoms with van der Waals surface area (Å²) in [5, 5.41) is 6.63. The average Bonchev–Trinajstić information content (AvgIpc) is 3.23. The molecule has 0 saturated heterocycles. The number of halogens is 1. The lowest BCUT2D eigenvalue weighted by atomic mass is 10.1. The summed E-state index contributed by atoms with van der Waals surface area (Å²) in [6.07, 6.45) is 0. The Morgan fingerprint density at radius 3 is 2.13 bits per heavy atom. The zero-order chi connectivity index (χ0) is 21.9. The number of benzene rings is 2. The number of aromatic nitrogens is 2. The first-order chi connectivity index (χ1) is 14.3. The van der Waals surface area contributed by atoms with Crippen molar-refractivity contribution in [2.24, 2.45) is 0 Å². The van der Waals surface area contributed by atoms with Crippen LogP contribution in [0.1, 0.15) is 10.5 Å². The number of ether oxygens (including phenoxy) is 3. The van der Waals surface area contributed by atoms with E-state index in [4.69, 9.17) is 14.2 Å². The van der Waals surface area contributed by atoms with Crippen LogP contribution in [0.15, 0.2) is 51.8 Å². The van der Waals surface area contributed by atoms with Gasteiger partial charge in [0.25, 0.3) is 15.9 Å². The molecule has 30 heavy (non-hydrogen) atoms. The van der Waals surface area contributed by atoms with E-state index in [-0.39, 0.29) is 10.6 Å². The molecule has 0 bridgehead atoms. The van der Waals surface area contributed by atoms with Gasteiger partial charge in [-0.25, -0.2) is 13.1 Å². The second-order valence-electron chi connectivity index (χ2n) is 5.97. The van der Waals surface area contributed by atoms with Gasteiger partial charge in [-0.05, 0) is 42.5 Å². The van der Waals surface area contributed by atoms with Gasteiger partial charge in [0.2, 0.25) is 5.75 Å². The number of rotatable bonds is 7. The standard InChI is InChI=1S/C19H18BrN3O6S/c1-27-16-8-11(9-17(28-2)18(16)29-3)14-10-15(22-21-14)19(24)23-30(25,26)13-6-4-12(20)5-7-13/h4-10H,1-3H3,(H,21,22)(H,23,24). The number of methoxy groups -OCH3 is 3. The van der Waals surface area contributed by atoms with Gasteiger partial charge in [-0.2, -0.15) is 5.10 Å². The van der Waals surface area contributed by atoms with Crippen LogP contribution in [-0.4, -0.2) is 45.9 Å². The van der Waals surface area contributed by atoms with Gasteiger partial charge in [-0.1, -0.05) is 15.9 Å². The fourth-order valence-corrected chi connectivity index (χ4v) is 3.90. The summed E-state index contributed by atoms with van der Waals surface area (Å²) in [5.74, 6) is 0.402. The number of hydrogen-bond acceptors (Lipinski definition) is 7. The fraction of sp³-hybridized carbons (Fsp3) is 0.158. The van der Waals surface area contributed by atoms with Crippen LogP contribution in [0, 0.1) is 0 Å². The van der Waals surface area contributed by atoms with Crippen molar-refractivity contribution in [2.45, 2.75) is 4.90 Å². The van der Waals surface area contributed by atoms with Gasteiger partial charge >= 0.3 is 0 Å². The van der Waals surface area contributed by atoms with E-state index in [1.165, 1.54) is 39.5 Å². The van der Waals surface area contributed by atoms with E-state index in [9.17, 15) is 13.2 Å². The molecule has 2 aromatic carbocycles. The van der Waals surface area contributed by atoms with Crippen LogP contribution in [0.2, 0.25) is 0 Å². The Morgan fingerprint density at radius 1 is 1.00 bits per heavy atom. The van der Waals surface area contributed by atoms with Crippen molar-refractivity contribution >= 4 is 31.9 Å². The van der Waals surface area contributed by atoms with Crippen LogP contribution in [0.25, 0.3) is 11.3 Å². The average molecular weight is 496 g/mol. The predicted molar refractivity (Wildman–Crippen MR) is 112 cm³/mol. The largest absolute Gasteiger partial charge is 0.493 e. The van der Waals surface area contributed by atoms with Crippen molar-refractivity contribution in [1.82, 2.24) is 14.9 Å². The number of aromatic amines is 1. The highest BCUT2D eigenvalue weighted by Gasteiger charge is 2.21. The molecule has 0 spiro atoms. The molecule has 0 radical (unpaired) electrons. The summed E-state index contributed by atoms with van der Waals surface area (Å²) < 4.78 is 43.5. The fourth-order valence-electron chi connectivity index (χ4n) is 2.66. The van der Waals surface area contributed by atoms with Crippen molar-refractivity contribution in [1.29, 1.82) is 0 Å². The van der Waals surface area contributed by atoms with Gasteiger partial charge in [0.05, 0.1) is 31.9 Å². The first-order valence-electron chi connectivity index (χ1n) is 8.47. The minimum absolute atomic E-state index is 0.0283. The van der Waals surface area contributed by atoms with Crippen LogP contribution in [0.3, 0.4) is 0 Å². The first-order valence-corrected chi connectivity index (χ1v) is 10.7. The highest BCUT2D eigenvalue weighted by molar-refractivity contribution is 9.10. The maximum absolute atomic E-state index is 12.5. The van der Waals surface area contributed by atoms with E-state index >= 15 is 0 Å². The Kier molecular flexibility index (Phi) is 6.32. The summed E-state index contributed by atoms with van der Waals surface area (Å²) in [6, 6.07) is 10.7. The summed E-state index contributed by atoms with van der Waals surface area (Å²) in [7, 11) is 0.421. The van der Waals surface area contributed by atoms with Gasteiger partial charge in [0.15, 0.2) is 11.5 Å². The number of hydrogen-bond donors (Lipinski definition) is 2. The van der Waals surface area contributed by atoms with Gasteiger partial charge in [0, 0.05) is 10.0 Å². The number of sulfonamides is 1. The molecule has 0 aliphatic heterocycles. The molecule has 0 unspecified atom stereocenters. The highest BCUT2D eigenvalue weighted by atomic mass is 79.9. The zero-order valence-electron chi connectivity index (χ0n) is 16.2. The lowest BCUT2D eigenvalue weighted by molar-refractivity contribution is 0.0976. The Hall–Kier alpha value is -3.05. The second kappa shape index (κ2) is 8.76. The molecule has 3 aromatic rings. The maximum Gasteiger partial charge on any atom is 0.283 e. The SMILES string of the molecule is COc1cc(-c2cc(C(=O)NS(=O)(=O)c3ccc(Br)cc3)[nH]n2)cc(OC)c1OC. The molecule has 11 heteroatoms. The van der Waals surface area contributed by atoms with Crippen molar-refractivity contribution in [3.8, 4) is 28.5 Å². The number of carbonyl (C=O) groups excluding carboxylic acids is 1.